The van der Waals surface area contributed by atoms with Crippen LogP contribution in [0.2, 0.25) is 10.0 Å². The molecule has 0 saturated carbocycles. The SMILES string of the molecule is COC(=O)N1CCC[C@H](C(O)Nc2cc(-c3cc(NC[C@H]4CCOC(C)(C)C4)ccc3Cl)c(Cl)cn2)C1. The second-order valence-electron chi connectivity index (χ2n) is 10.5. The number of ether oxygens (including phenoxy) is 2. The molecule has 1 aromatic carbocycles. The molecule has 2 aromatic rings. The Morgan fingerprint density at radius 1 is 1.27 bits per heavy atom. The van der Waals surface area contributed by atoms with Gasteiger partial charge in [0.15, 0.2) is 0 Å². The third-order valence-corrected chi connectivity index (χ3v) is 7.77. The predicted molar refractivity (Wildman–Crippen MR) is 147 cm³/mol. The summed E-state index contributed by atoms with van der Waals surface area (Å²) in [5, 5.41) is 18.5. The zero-order chi connectivity index (χ0) is 26.6. The number of halogens is 2. The van der Waals surface area contributed by atoms with E-state index in [9.17, 15) is 9.90 Å². The molecule has 2 saturated heterocycles. The van der Waals surface area contributed by atoms with Gasteiger partial charge in [0.2, 0.25) is 0 Å². The largest absolute Gasteiger partial charge is 0.453 e. The summed E-state index contributed by atoms with van der Waals surface area (Å²) in [6.07, 6.45) is 3.89. The number of hydrogen-bond acceptors (Lipinski definition) is 7. The molecule has 2 fully saturated rings. The number of aliphatic hydroxyl groups is 1. The molecule has 3 N–H and O–H groups in total. The van der Waals surface area contributed by atoms with E-state index in [4.69, 9.17) is 32.7 Å². The average molecular weight is 552 g/mol. The molecule has 0 aliphatic carbocycles. The van der Waals surface area contributed by atoms with Crippen LogP contribution in [0.25, 0.3) is 11.1 Å². The highest BCUT2D eigenvalue weighted by Crippen LogP contribution is 2.37. The van der Waals surface area contributed by atoms with E-state index in [0.717, 1.165) is 50.1 Å². The van der Waals surface area contributed by atoms with Gasteiger partial charge in [-0.15, -0.1) is 0 Å². The third kappa shape index (κ3) is 7.19. The van der Waals surface area contributed by atoms with Gasteiger partial charge < -0.3 is 30.1 Å². The molecule has 2 aliphatic rings. The molecule has 3 heterocycles. The Labute approximate surface area is 228 Å². The summed E-state index contributed by atoms with van der Waals surface area (Å²) >= 11 is 13.1. The smallest absolute Gasteiger partial charge is 0.409 e. The molecule has 4 rings (SSSR count). The van der Waals surface area contributed by atoms with Gasteiger partial charge in [0, 0.05) is 60.2 Å². The fourth-order valence-electron chi connectivity index (χ4n) is 5.19. The molecule has 202 valence electrons. The summed E-state index contributed by atoms with van der Waals surface area (Å²) in [5.74, 6) is 0.848. The number of hydrogen-bond donors (Lipinski definition) is 3. The predicted octanol–water partition coefficient (Wildman–Crippen LogP) is 5.88. The lowest BCUT2D eigenvalue weighted by Gasteiger charge is -2.35. The number of aliphatic hydroxyl groups excluding tert-OH is 1. The van der Waals surface area contributed by atoms with Crippen molar-refractivity contribution in [2.45, 2.75) is 51.4 Å². The molecule has 0 bridgehead atoms. The number of anilines is 2. The molecule has 2 aliphatic heterocycles. The van der Waals surface area contributed by atoms with Gasteiger partial charge in [0.25, 0.3) is 0 Å². The Balaban J connectivity index is 1.46. The third-order valence-electron chi connectivity index (χ3n) is 7.14. The van der Waals surface area contributed by atoms with Crippen molar-refractivity contribution in [3.05, 3.63) is 40.5 Å². The number of benzene rings is 1. The van der Waals surface area contributed by atoms with Crippen molar-refractivity contribution in [2.75, 3.05) is 44.0 Å². The first-order chi connectivity index (χ1) is 17.6. The van der Waals surface area contributed by atoms with Crippen LogP contribution >= 0.6 is 23.2 Å². The lowest BCUT2D eigenvalue weighted by molar-refractivity contribution is -0.0699. The van der Waals surface area contributed by atoms with Crippen LogP contribution in [-0.2, 0) is 9.47 Å². The zero-order valence-electron chi connectivity index (χ0n) is 21.6. The number of rotatable bonds is 7. The van der Waals surface area contributed by atoms with Crippen molar-refractivity contribution in [2.24, 2.45) is 11.8 Å². The van der Waals surface area contributed by atoms with E-state index in [2.05, 4.69) is 29.5 Å². The number of piperidine rings is 1. The summed E-state index contributed by atoms with van der Waals surface area (Å²) in [5.41, 5.74) is 2.35. The van der Waals surface area contributed by atoms with Crippen LogP contribution in [0.1, 0.15) is 39.5 Å². The van der Waals surface area contributed by atoms with Crippen LogP contribution < -0.4 is 10.6 Å². The maximum absolute atomic E-state index is 11.9. The first-order valence-corrected chi connectivity index (χ1v) is 13.5. The lowest BCUT2D eigenvalue weighted by Crippen LogP contribution is -2.45. The molecule has 0 spiro atoms. The van der Waals surface area contributed by atoms with Crippen LogP contribution in [0.3, 0.4) is 0 Å². The summed E-state index contributed by atoms with van der Waals surface area (Å²) in [4.78, 5) is 17.9. The highest BCUT2D eigenvalue weighted by Gasteiger charge is 2.30. The molecule has 1 aromatic heterocycles. The molecular weight excluding hydrogens is 515 g/mol. The van der Waals surface area contributed by atoms with E-state index in [0.29, 0.717) is 40.4 Å². The van der Waals surface area contributed by atoms with Crippen LogP contribution in [-0.4, -0.2) is 66.3 Å². The van der Waals surface area contributed by atoms with Crippen molar-refractivity contribution in [3.63, 3.8) is 0 Å². The Bertz CT molecular complexity index is 1100. The maximum atomic E-state index is 11.9. The second kappa shape index (κ2) is 12.1. The topological polar surface area (TPSA) is 96.0 Å². The Hall–Kier alpha value is -2.26. The van der Waals surface area contributed by atoms with Crippen molar-refractivity contribution in [3.8, 4) is 11.1 Å². The molecule has 37 heavy (non-hydrogen) atoms. The van der Waals surface area contributed by atoms with E-state index in [1.807, 2.05) is 18.2 Å². The van der Waals surface area contributed by atoms with Gasteiger partial charge in [-0.1, -0.05) is 23.2 Å². The Kier molecular flexibility index (Phi) is 9.06. The highest BCUT2D eigenvalue weighted by atomic mass is 35.5. The van der Waals surface area contributed by atoms with Crippen molar-refractivity contribution >= 4 is 40.8 Å². The highest BCUT2D eigenvalue weighted by molar-refractivity contribution is 6.36. The maximum Gasteiger partial charge on any atom is 0.409 e. The number of nitrogens with zero attached hydrogens (tertiary/aromatic N) is 2. The van der Waals surface area contributed by atoms with Crippen LogP contribution in [0, 0.1) is 11.8 Å². The van der Waals surface area contributed by atoms with E-state index < -0.39 is 6.23 Å². The van der Waals surface area contributed by atoms with Crippen LogP contribution in [0.4, 0.5) is 16.3 Å². The number of carbonyl (C=O) groups excluding carboxylic acids is 1. The molecule has 1 amide bonds. The lowest BCUT2D eigenvalue weighted by atomic mass is 9.88. The van der Waals surface area contributed by atoms with Crippen molar-refractivity contribution in [1.29, 1.82) is 0 Å². The summed E-state index contributed by atoms with van der Waals surface area (Å²) in [6.45, 7) is 6.93. The fourth-order valence-corrected chi connectivity index (χ4v) is 5.62. The van der Waals surface area contributed by atoms with Crippen LogP contribution in [0.15, 0.2) is 30.5 Å². The molecule has 10 heteroatoms. The molecule has 0 radical (unpaired) electrons. The molecule has 1 unspecified atom stereocenters. The van der Waals surface area contributed by atoms with E-state index in [-0.39, 0.29) is 17.6 Å². The number of amides is 1. The number of nitrogens with one attached hydrogen (secondary N) is 2. The second-order valence-corrected chi connectivity index (χ2v) is 11.3. The van der Waals surface area contributed by atoms with Crippen LogP contribution in [0.5, 0.6) is 0 Å². The summed E-state index contributed by atoms with van der Waals surface area (Å²) in [6, 6.07) is 7.60. The first kappa shape index (κ1) is 27.8. The van der Waals surface area contributed by atoms with Gasteiger partial charge >= 0.3 is 6.09 Å². The monoisotopic (exact) mass is 550 g/mol. The van der Waals surface area contributed by atoms with E-state index in [1.165, 1.54) is 7.11 Å². The number of likely N-dealkylation sites (tertiary alicyclic amines) is 1. The van der Waals surface area contributed by atoms with Gasteiger partial charge in [-0.3, -0.25) is 0 Å². The van der Waals surface area contributed by atoms with Crippen molar-refractivity contribution in [1.82, 2.24) is 9.88 Å². The zero-order valence-corrected chi connectivity index (χ0v) is 23.1. The molecule has 3 atom stereocenters. The summed E-state index contributed by atoms with van der Waals surface area (Å²) < 4.78 is 10.7. The number of pyridine rings is 1. The van der Waals surface area contributed by atoms with Gasteiger partial charge in [-0.25, -0.2) is 9.78 Å². The van der Waals surface area contributed by atoms with Gasteiger partial charge in [-0.2, -0.15) is 0 Å². The van der Waals surface area contributed by atoms with E-state index in [1.54, 1.807) is 17.2 Å². The Morgan fingerprint density at radius 2 is 2.05 bits per heavy atom. The normalized spacial score (nSPS) is 22.3. The van der Waals surface area contributed by atoms with E-state index >= 15 is 0 Å². The minimum atomic E-state index is -0.888. The fraction of sp³-hybridized carbons (Fsp3) is 0.556. The van der Waals surface area contributed by atoms with Gasteiger partial charge in [-0.05, 0) is 69.7 Å². The average Bonchev–Trinajstić information content (AvgIpc) is 2.88. The Morgan fingerprint density at radius 3 is 2.81 bits per heavy atom. The number of aromatic nitrogens is 1. The molecular formula is C27H36Cl2N4O4. The van der Waals surface area contributed by atoms with Crippen molar-refractivity contribution < 1.29 is 19.4 Å². The summed E-state index contributed by atoms with van der Waals surface area (Å²) in [7, 11) is 1.36. The number of carbonyl (C=O) groups is 1. The minimum absolute atomic E-state index is 0.0937. The number of methoxy groups -OCH3 is 1. The van der Waals surface area contributed by atoms with Gasteiger partial charge in [0.05, 0.1) is 17.7 Å². The van der Waals surface area contributed by atoms with Gasteiger partial charge in [0.1, 0.15) is 12.0 Å². The standard InChI is InChI=1S/C27H36Cl2N4O4/c1-27(2)13-17(8-10-37-27)14-30-19-6-7-22(28)20(11-19)21-12-24(31-15-23(21)29)32-25(34)18-5-4-9-33(16-18)26(35)36-3/h6-7,11-12,15,17-18,25,30,34H,4-5,8-10,13-14,16H2,1-3H3,(H,31,32)/t17-,18-,25?/m0/s1. The quantitative estimate of drug-likeness (QED) is 0.370. The molecule has 8 nitrogen and oxygen atoms in total. The first-order valence-electron chi connectivity index (χ1n) is 12.8. The minimum Gasteiger partial charge on any atom is -0.453 e.